The van der Waals surface area contributed by atoms with Crippen LogP contribution >= 0.6 is 22.9 Å². The van der Waals surface area contributed by atoms with Crippen LogP contribution in [0.4, 0.5) is 5.95 Å². The standard InChI is InChI=1S/C24H23ClN4O2S/c1-15-22-19(13-17(14-20(22)30)16-4-6-18(25)7-5-16)27-24(26-15)29-10-8-28(9-11-29)23(31)21-3-2-12-32-21/h2-7,12,17H,8-11,13-14H2,1H3/t17-/m1/s1. The third-order valence-corrected chi connectivity index (χ3v) is 7.34. The average molecular weight is 467 g/mol. The van der Waals surface area contributed by atoms with Gasteiger partial charge in [0.25, 0.3) is 5.91 Å². The van der Waals surface area contributed by atoms with Crippen molar-refractivity contribution in [3.05, 3.63) is 74.2 Å². The fourth-order valence-electron chi connectivity index (χ4n) is 4.54. The first-order valence-corrected chi connectivity index (χ1v) is 12.0. The molecule has 1 amide bonds. The monoisotopic (exact) mass is 466 g/mol. The predicted molar refractivity (Wildman–Crippen MR) is 126 cm³/mol. The number of hydrogen-bond donors (Lipinski definition) is 0. The molecule has 1 aromatic carbocycles. The van der Waals surface area contributed by atoms with Crippen molar-refractivity contribution < 1.29 is 9.59 Å². The van der Waals surface area contributed by atoms with Crippen LogP contribution in [-0.2, 0) is 6.42 Å². The molecule has 1 atom stereocenters. The summed E-state index contributed by atoms with van der Waals surface area (Å²) in [5.41, 5.74) is 3.33. The Bertz CT molecular complexity index is 1160. The molecule has 0 saturated carbocycles. The first-order valence-electron chi connectivity index (χ1n) is 10.7. The van der Waals surface area contributed by atoms with Gasteiger partial charge >= 0.3 is 0 Å². The number of Topliss-reactive ketones (excluding diaryl/α,β-unsaturated/α-hetero) is 1. The fourth-order valence-corrected chi connectivity index (χ4v) is 5.35. The van der Waals surface area contributed by atoms with E-state index in [-0.39, 0.29) is 17.6 Å². The summed E-state index contributed by atoms with van der Waals surface area (Å²) in [6.07, 6.45) is 1.16. The molecule has 2 aliphatic rings. The van der Waals surface area contributed by atoms with Crippen LogP contribution in [0.25, 0.3) is 0 Å². The number of thiophene rings is 1. The van der Waals surface area contributed by atoms with E-state index in [1.165, 1.54) is 11.3 Å². The van der Waals surface area contributed by atoms with Crippen molar-refractivity contribution in [2.45, 2.75) is 25.7 Å². The van der Waals surface area contributed by atoms with Crippen molar-refractivity contribution in [3.63, 3.8) is 0 Å². The van der Waals surface area contributed by atoms with Gasteiger partial charge in [-0.25, -0.2) is 9.97 Å². The van der Waals surface area contributed by atoms with Crippen LogP contribution in [0.3, 0.4) is 0 Å². The number of carbonyl (C=O) groups is 2. The number of benzene rings is 1. The summed E-state index contributed by atoms with van der Waals surface area (Å²) in [7, 11) is 0. The zero-order valence-electron chi connectivity index (χ0n) is 17.8. The van der Waals surface area contributed by atoms with Gasteiger partial charge in [-0.3, -0.25) is 9.59 Å². The van der Waals surface area contributed by atoms with E-state index >= 15 is 0 Å². The van der Waals surface area contributed by atoms with E-state index in [4.69, 9.17) is 16.6 Å². The Morgan fingerprint density at radius 1 is 1.06 bits per heavy atom. The Kier molecular flexibility index (Phi) is 5.69. The summed E-state index contributed by atoms with van der Waals surface area (Å²) in [4.78, 5) is 39.8. The predicted octanol–water partition coefficient (Wildman–Crippen LogP) is 4.38. The van der Waals surface area contributed by atoms with Crippen LogP contribution < -0.4 is 4.90 Å². The first kappa shape index (κ1) is 21.1. The molecule has 2 aromatic heterocycles. The Morgan fingerprint density at radius 3 is 2.50 bits per heavy atom. The van der Waals surface area contributed by atoms with Crippen LogP contribution in [0.1, 0.15) is 49.3 Å². The number of aryl methyl sites for hydroxylation is 1. The van der Waals surface area contributed by atoms with E-state index in [1.807, 2.05) is 53.6 Å². The van der Waals surface area contributed by atoms with Gasteiger partial charge in [0.1, 0.15) is 0 Å². The molecule has 32 heavy (non-hydrogen) atoms. The zero-order chi connectivity index (χ0) is 22.2. The zero-order valence-corrected chi connectivity index (χ0v) is 19.3. The molecule has 3 heterocycles. The molecule has 0 bridgehead atoms. The van der Waals surface area contributed by atoms with Crippen molar-refractivity contribution in [2.75, 3.05) is 31.1 Å². The minimum Gasteiger partial charge on any atom is -0.337 e. The highest BCUT2D eigenvalue weighted by Gasteiger charge is 2.31. The number of anilines is 1. The lowest BCUT2D eigenvalue weighted by molar-refractivity contribution is 0.0750. The molecule has 0 spiro atoms. The fraction of sp³-hybridized carbons (Fsp3) is 0.333. The Morgan fingerprint density at radius 2 is 1.81 bits per heavy atom. The molecular formula is C24H23ClN4O2S. The second-order valence-electron chi connectivity index (χ2n) is 8.27. The minimum absolute atomic E-state index is 0.0820. The molecule has 0 radical (unpaired) electrons. The average Bonchev–Trinajstić information content (AvgIpc) is 3.33. The lowest BCUT2D eigenvalue weighted by Gasteiger charge is -2.35. The van der Waals surface area contributed by atoms with Crippen molar-refractivity contribution in [2.24, 2.45) is 0 Å². The summed E-state index contributed by atoms with van der Waals surface area (Å²) in [6, 6.07) is 11.5. The number of fused-ring (bicyclic) bond motifs is 1. The van der Waals surface area contributed by atoms with Crippen molar-refractivity contribution in [1.82, 2.24) is 14.9 Å². The van der Waals surface area contributed by atoms with Crippen molar-refractivity contribution >= 4 is 40.6 Å². The van der Waals surface area contributed by atoms with E-state index in [0.717, 1.165) is 21.8 Å². The van der Waals surface area contributed by atoms with Gasteiger partial charge < -0.3 is 9.80 Å². The summed E-state index contributed by atoms with van der Waals surface area (Å²) in [6.45, 7) is 4.49. The minimum atomic E-state index is 0.0820. The first-order chi connectivity index (χ1) is 15.5. The molecular weight excluding hydrogens is 444 g/mol. The van der Waals surface area contributed by atoms with Gasteiger partial charge in [-0.1, -0.05) is 29.8 Å². The second kappa shape index (κ2) is 8.64. The van der Waals surface area contributed by atoms with Gasteiger partial charge in [-0.05, 0) is 48.4 Å². The van der Waals surface area contributed by atoms with E-state index in [1.54, 1.807) is 0 Å². The third kappa shape index (κ3) is 4.02. The van der Waals surface area contributed by atoms with Crippen LogP contribution in [0.15, 0.2) is 41.8 Å². The Hall–Kier alpha value is -2.77. The molecule has 164 valence electrons. The lowest BCUT2D eigenvalue weighted by atomic mass is 9.81. The molecule has 0 N–H and O–H groups in total. The number of amides is 1. The van der Waals surface area contributed by atoms with Crippen molar-refractivity contribution in [1.29, 1.82) is 0 Å². The number of nitrogens with zero attached hydrogens (tertiary/aromatic N) is 4. The number of rotatable bonds is 3. The van der Waals surface area contributed by atoms with E-state index in [2.05, 4.69) is 9.88 Å². The second-order valence-corrected chi connectivity index (χ2v) is 9.65. The quantitative estimate of drug-likeness (QED) is 0.573. The molecule has 0 unspecified atom stereocenters. The Labute approximate surface area is 195 Å². The summed E-state index contributed by atoms with van der Waals surface area (Å²) in [5.74, 6) is 0.920. The van der Waals surface area contributed by atoms with Crippen molar-refractivity contribution in [3.8, 4) is 0 Å². The molecule has 3 aromatic rings. The van der Waals surface area contributed by atoms with Gasteiger partial charge in [0.15, 0.2) is 5.78 Å². The maximum absolute atomic E-state index is 12.9. The summed E-state index contributed by atoms with van der Waals surface area (Å²) in [5, 5.41) is 2.61. The van der Waals surface area contributed by atoms with E-state index < -0.39 is 0 Å². The van der Waals surface area contributed by atoms with Gasteiger partial charge in [-0.2, -0.15) is 0 Å². The van der Waals surface area contributed by atoms with E-state index in [0.29, 0.717) is 55.6 Å². The summed E-state index contributed by atoms with van der Waals surface area (Å²) >= 11 is 7.50. The molecule has 6 nitrogen and oxygen atoms in total. The largest absolute Gasteiger partial charge is 0.337 e. The highest BCUT2D eigenvalue weighted by molar-refractivity contribution is 7.12. The molecule has 1 aliphatic carbocycles. The third-order valence-electron chi connectivity index (χ3n) is 6.23. The number of hydrogen-bond acceptors (Lipinski definition) is 6. The highest BCUT2D eigenvalue weighted by Crippen LogP contribution is 2.34. The van der Waals surface area contributed by atoms with E-state index in [9.17, 15) is 9.59 Å². The topological polar surface area (TPSA) is 66.4 Å². The maximum atomic E-state index is 12.9. The lowest BCUT2D eigenvalue weighted by Crippen LogP contribution is -2.49. The van der Waals surface area contributed by atoms with Crippen LogP contribution in [0, 0.1) is 6.92 Å². The number of carbonyl (C=O) groups excluding carboxylic acids is 2. The SMILES string of the molecule is Cc1nc(N2CCN(C(=O)c3cccs3)CC2)nc2c1C(=O)C[C@H](c1ccc(Cl)cc1)C2. The van der Waals surface area contributed by atoms with Gasteiger partial charge in [-0.15, -0.1) is 11.3 Å². The number of ketones is 1. The van der Waals surface area contributed by atoms with Gasteiger partial charge in [0.05, 0.1) is 21.8 Å². The molecule has 1 aliphatic heterocycles. The normalized spacial score (nSPS) is 18.6. The molecule has 1 fully saturated rings. The number of halogens is 1. The number of aromatic nitrogens is 2. The van der Waals surface area contributed by atoms with Gasteiger partial charge in [0.2, 0.25) is 5.95 Å². The summed E-state index contributed by atoms with van der Waals surface area (Å²) < 4.78 is 0. The number of piperazine rings is 1. The highest BCUT2D eigenvalue weighted by atomic mass is 35.5. The molecule has 5 rings (SSSR count). The molecule has 1 saturated heterocycles. The maximum Gasteiger partial charge on any atom is 0.264 e. The smallest absolute Gasteiger partial charge is 0.264 e. The molecule has 8 heteroatoms. The van der Waals surface area contributed by atoms with Crippen LogP contribution in [0.2, 0.25) is 5.02 Å². The van der Waals surface area contributed by atoms with Gasteiger partial charge in [0, 0.05) is 37.6 Å². The van der Waals surface area contributed by atoms with Crippen LogP contribution in [-0.4, -0.2) is 52.7 Å². The Balaban J connectivity index is 1.34. The van der Waals surface area contributed by atoms with Crippen LogP contribution in [0.5, 0.6) is 0 Å².